The second-order valence-corrected chi connectivity index (χ2v) is 12.4. The van der Waals surface area contributed by atoms with Crippen LogP contribution in [-0.4, -0.2) is 73.3 Å². The molecule has 1 fully saturated rings. The van der Waals surface area contributed by atoms with E-state index in [9.17, 15) is 19.2 Å². The van der Waals surface area contributed by atoms with E-state index in [1.54, 1.807) is 65.3 Å². The number of carbonyl (C=O) groups excluding carboxylic acids is 4. The summed E-state index contributed by atoms with van der Waals surface area (Å²) in [5.74, 6) is -1.50. The summed E-state index contributed by atoms with van der Waals surface area (Å²) in [6.45, 7) is 8.44. The van der Waals surface area contributed by atoms with E-state index in [0.717, 1.165) is 35.3 Å². The highest BCUT2D eigenvalue weighted by atomic mass is 16.2. The highest BCUT2D eigenvalue weighted by molar-refractivity contribution is 6.20. The smallest absolute Gasteiger partial charge is 0.322 e. The van der Waals surface area contributed by atoms with Crippen molar-refractivity contribution in [3.63, 3.8) is 0 Å². The summed E-state index contributed by atoms with van der Waals surface area (Å²) in [5, 5.41) is 2.98. The SMILES string of the molecule is Cc1cccc(C)c1-c1ccccc1C(=O)Nc1ccc(C(=O)N2CC(C)C(=O)N(C(=O)N3CCN(C)CC3)c3ccccc32)cc1. The molecule has 1 N–H and O–H groups in total. The van der Waals surface area contributed by atoms with Gasteiger partial charge in [0.05, 0.1) is 17.3 Å². The predicted octanol–water partition coefficient (Wildman–Crippen LogP) is 6.22. The van der Waals surface area contributed by atoms with E-state index < -0.39 is 5.92 Å². The third kappa shape index (κ3) is 6.26. The Bertz CT molecular complexity index is 1830. The average molecular weight is 630 g/mol. The van der Waals surface area contributed by atoms with Gasteiger partial charge in [0, 0.05) is 49.5 Å². The fourth-order valence-electron chi connectivity index (χ4n) is 6.39. The summed E-state index contributed by atoms with van der Waals surface area (Å²) in [7, 11) is 2.01. The van der Waals surface area contributed by atoms with Crippen LogP contribution in [0.1, 0.15) is 38.8 Å². The lowest BCUT2D eigenvalue weighted by Gasteiger charge is -2.35. The summed E-state index contributed by atoms with van der Waals surface area (Å²) in [5.41, 5.74) is 6.46. The fraction of sp³-hybridized carbons (Fsp3) is 0.263. The highest BCUT2D eigenvalue weighted by Crippen LogP contribution is 2.36. The maximum atomic E-state index is 14.0. The zero-order chi connectivity index (χ0) is 33.2. The molecular weight excluding hydrogens is 590 g/mol. The molecule has 0 radical (unpaired) electrons. The summed E-state index contributed by atoms with van der Waals surface area (Å²) in [6, 6.07) is 27.0. The van der Waals surface area contributed by atoms with Crippen LogP contribution in [0.2, 0.25) is 0 Å². The van der Waals surface area contributed by atoms with Gasteiger partial charge in [-0.25, -0.2) is 9.69 Å². The van der Waals surface area contributed by atoms with Crippen LogP contribution < -0.4 is 15.1 Å². The number of imide groups is 1. The lowest BCUT2D eigenvalue weighted by molar-refractivity contribution is -0.120. The molecule has 1 unspecified atom stereocenters. The molecule has 0 saturated carbocycles. The standard InChI is InChI=1S/C38H39N5O4/c1-25-10-9-11-26(2)34(25)30-12-5-6-13-31(30)35(44)39-29-18-16-28(17-19-29)37(46)42-24-27(3)36(45)43(33-15-8-7-14-32(33)42)38(47)41-22-20-40(4)21-23-41/h5-19,27H,20-24H2,1-4H3,(H,39,44). The normalized spacial score (nSPS) is 16.8. The number of anilines is 3. The first-order valence-electron chi connectivity index (χ1n) is 15.9. The van der Waals surface area contributed by atoms with Gasteiger partial charge in [-0.05, 0) is 85.6 Å². The molecule has 2 aliphatic rings. The van der Waals surface area contributed by atoms with Crippen LogP contribution in [0.4, 0.5) is 21.9 Å². The number of piperazine rings is 1. The molecular formula is C38H39N5O4. The predicted molar refractivity (Wildman–Crippen MR) is 185 cm³/mol. The minimum absolute atomic E-state index is 0.120. The topological polar surface area (TPSA) is 93.3 Å². The van der Waals surface area contributed by atoms with Gasteiger partial charge in [-0.2, -0.15) is 0 Å². The van der Waals surface area contributed by atoms with Gasteiger partial charge in [-0.15, -0.1) is 0 Å². The van der Waals surface area contributed by atoms with Crippen LogP contribution in [0.25, 0.3) is 11.1 Å². The first kappa shape index (κ1) is 31.7. The van der Waals surface area contributed by atoms with Crippen molar-refractivity contribution >= 4 is 40.8 Å². The maximum absolute atomic E-state index is 14.0. The van der Waals surface area contributed by atoms with E-state index >= 15 is 0 Å². The van der Waals surface area contributed by atoms with Gasteiger partial charge in [0.2, 0.25) is 5.91 Å². The van der Waals surface area contributed by atoms with Crippen molar-refractivity contribution in [2.45, 2.75) is 20.8 Å². The number of likely N-dealkylation sites (N-methyl/N-ethyl adjacent to an activating group) is 1. The Morgan fingerprint density at radius 1 is 0.745 bits per heavy atom. The van der Waals surface area contributed by atoms with Crippen LogP contribution in [0, 0.1) is 19.8 Å². The average Bonchev–Trinajstić information content (AvgIpc) is 3.18. The second-order valence-electron chi connectivity index (χ2n) is 12.4. The number of amides is 5. The van der Waals surface area contributed by atoms with Gasteiger partial charge in [0.1, 0.15) is 0 Å². The van der Waals surface area contributed by atoms with E-state index in [2.05, 4.69) is 10.2 Å². The maximum Gasteiger partial charge on any atom is 0.331 e. The Morgan fingerprint density at radius 2 is 1.36 bits per heavy atom. The zero-order valence-corrected chi connectivity index (χ0v) is 27.2. The molecule has 6 rings (SSSR count). The summed E-state index contributed by atoms with van der Waals surface area (Å²) >= 11 is 0. The first-order valence-corrected chi connectivity index (χ1v) is 15.9. The Hall–Kier alpha value is -5.28. The summed E-state index contributed by atoms with van der Waals surface area (Å²) in [6.07, 6.45) is 0. The Morgan fingerprint density at radius 3 is 2.04 bits per heavy atom. The lowest BCUT2D eigenvalue weighted by atomic mass is 9.92. The van der Waals surface area contributed by atoms with Crippen LogP contribution in [-0.2, 0) is 4.79 Å². The number of fused-ring (bicyclic) bond motifs is 1. The third-order valence-corrected chi connectivity index (χ3v) is 9.03. The number of nitrogens with one attached hydrogen (secondary N) is 1. The number of para-hydroxylation sites is 2. The third-order valence-electron chi connectivity index (χ3n) is 9.03. The van der Waals surface area contributed by atoms with Crippen molar-refractivity contribution in [3.8, 4) is 11.1 Å². The van der Waals surface area contributed by atoms with Crippen molar-refractivity contribution in [1.29, 1.82) is 0 Å². The number of benzene rings is 4. The molecule has 9 heteroatoms. The molecule has 240 valence electrons. The monoisotopic (exact) mass is 629 g/mol. The molecule has 4 aromatic rings. The largest absolute Gasteiger partial charge is 0.331 e. The van der Waals surface area contributed by atoms with Crippen molar-refractivity contribution in [2.24, 2.45) is 5.92 Å². The number of aryl methyl sites for hydroxylation is 2. The van der Waals surface area contributed by atoms with E-state index in [0.29, 0.717) is 41.3 Å². The Balaban J connectivity index is 1.24. The fourth-order valence-corrected chi connectivity index (χ4v) is 6.39. The molecule has 0 aromatic heterocycles. The molecule has 2 heterocycles. The molecule has 0 bridgehead atoms. The number of urea groups is 1. The molecule has 4 aromatic carbocycles. The first-order chi connectivity index (χ1) is 22.6. The van der Waals surface area contributed by atoms with Crippen molar-refractivity contribution < 1.29 is 19.2 Å². The highest BCUT2D eigenvalue weighted by Gasteiger charge is 2.39. The van der Waals surface area contributed by atoms with E-state index in [1.807, 2.05) is 63.4 Å². The Labute approximate surface area is 275 Å². The van der Waals surface area contributed by atoms with Crippen LogP contribution in [0.5, 0.6) is 0 Å². The lowest BCUT2D eigenvalue weighted by Crippen LogP contribution is -2.54. The molecule has 9 nitrogen and oxygen atoms in total. The minimum atomic E-state index is -0.613. The van der Waals surface area contributed by atoms with Crippen molar-refractivity contribution in [2.75, 3.05) is 54.9 Å². The van der Waals surface area contributed by atoms with Crippen LogP contribution in [0.3, 0.4) is 0 Å². The Kier molecular flexibility index (Phi) is 8.91. The molecule has 5 amide bonds. The summed E-state index contributed by atoms with van der Waals surface area (Å²) in [4.78, 5) is 61.6. The number of hydrogen-bond donors (Lipinski definition) is 1. The van der Waals surface area contributed by atoms with Gasteiger partial charge in [-0.3, -0.25) is 14.4 Å². The molecule has 1 saturated heterocycles. The van der Waals surface area contributed by atoms with E-state index in [1.165, 1.54) is 4.90 Å². The van der Waals surface area contributed by atoms with Gasteiger partial charge < -0.3 is 20.0 Å². The number of rotatable bonds is 4. The van der Waals surface area contributed by atoms with Crippen LogP contribution >= 0.6 is 0 Å². The molecule has 0 aliphatic carbocycles. The molecule has 2 aliphatic heterocycles. The van der Waals surface area contributed by atoms with Gasteiger partial charge in [0.25, 0.3) is 11.8 Å². The zero-order valence-electron chi connectivity index (χ0n) is 27.2. The summed E-state index contributed by atoms with van der Waals surface area (Å²) < 4.78 is 0. The number of nitrogens with zero attached hydrogens (tertiary/aromatic N) is 4. The second kappa shape index (κ2) is 13.2. The number of hydrogen-bond acceptors (Lipinski definition) is 5. The molecule has 47 heavy (non-hydrogen) atoms. The van der Waals surface area contributed by atoms with Crippen LogP contribution in [0.15, 0.2) is 91.0 Å². The van der Waals surface area contributed by atoms with Crippen molar-refractivity contribution in [1.82, 2.24) is 9.80 Å². The van der Waals surface area contributed by atoms with Gasteiger partial charge in [-0.1, -0.05) is 55.5 Å². The number of carbonyl (C=O) groups is 4. The van der Waals surface area contributed by atoms with Gasteiger partial charge in [0.15, 0.2) is 0 Å². The molecule has 0 spiro atoms. The van der Waals surface area contributed by atoms with Gasteiger partial charge >= 0.3 is 6.03 Å². The van der Waals surface area contributed by atoms with E-state index in [4.69, 9.17) is 0 Å². The van der Waals surface area contributed by atoms with Crippen molar-refractivity contribution in [3.05, 3.63) is 113 Å². The van der Waals surface area contributed by atoms with E-state index in [-0.39, 0.29) is 30.3 Å². The molecule has 1 atom stereocenters. The minimum Gasteiger partial charge on any atom is -0.322 e. The quantitative estimate of drug-likeness (QED) is 0.289.